The summed E-state index contributed by atoms with van der Waals surface area (Å²) in [6.07, 6.45) is 2.67. The molecular formula is C28H35N7O4S. The van der Waals surface area contributed by atoms with Gasteiger partial charge in [0, 0.05) is 52.2 Å². The van der Waals surface area contributed by atoms with Crippen LogP contribution in [-0.2, 0) is 14.8 Å². The zero-order valence-corrected chi connectivity index (χ0v) is 24.7. The molecule has 1 amide bonds. The predicted octanol–water partition coefficient (Wildman–Crippen LogP) is 3.44. The number of likely N-dealkylation sites (N-methyl/N-ethyl adjacent to an activating group) is 1. The van der Waals surface area contributed by atoms with Gasteiger partial charge in [0.1, 0.15) is 11.5 Å². The molecule has 3 aromatic heterocycles. The largest absolute Gasteiger partial charge is 0.383 e. The number of hydrogen-bond acceptors (Lipinski definition) is 9. The minimum absolute atomic E-state index is 0.0319. The molecule has 0 saturated heterocycles. The first kappa shape index (κ1) is 29.0. The van der Waals surface area contributed by atoms with Crippen molar-refractivity contribution in [1.82, 2.24) is 24.5 Å². The number of ether oxygens (including phenoxy) is 1. The number of aromatic nitrogens is 4. The summed E-state index contributed by atoms with van der Waals surface area (Å²) in [5.41, 5.74) is 4.34. The van der Waals surface area contributed by atoms with Crippen molar-refractivity contribution in [3.05, 3.63) is 60.0 Å². The van der Waals surface area contributed by atoms with Crippen LogP contribution < -0.4 is 14.5 Å². The molecule has 0 spiro atoms. The van der Waals surface area contributed by atoms with Gasteiger partial charge in [-0.05, 0) is 47.9 Å². The van der Waals surface area contributed by atoms with Crippen LogP contribution in [0.25, 0.3) is 27.8 Å². The number of hydrogen-bond donors (Lipinski definition) is 1. The summed E-state index contributed by atoms with van der Waals surface area (Å²) in [5, 5.41) is 5.71. The molecule has 11 nitrogen and oxygen atoms in total. The fourth-order valence-corrected chi connectivity index (χ4v) is 4.75. The van der Waals surface area contributed by atoms with Crippen LogP contribution in [0, 0.1) is 0 Å². The molecular weight excluding hydrogens is 530 g/mol. The molecule has 0 atom stereocenters. The van der Waals surface area contributed by atoms with E-state index >= 15 is 0 Å². The van der Waals surface area contributed by atoms with Crippen molar-refractivity contribution >= 4 is 38.5 Å². The van der Waals surface area contributed by atoms with Gasteiger partial charge in [-0.1, -0.05) is 19.9 Å². The van der Waals surface area contributed by atoms with Gasteiger partial charge in [0.25, 0.3) is 5.91 Å². The smallest absolute Gasteiger partial charge is 0.283 e. The lowest BCUT2D eigenvalue weighted by Crippen LogP contribution is -2.30. The van der Waals surface area contributed by atoms with Crippen molar-refractivity contribution in [3.63, 3.8) is 0 Å². The number of anilines is 2. The van der Waals surface area contributed by atoms with Crippen LogP contribution >= 0.6 is 0 Å². The van der Waals surface area contributed by atoms with Crippen molar-refractivity contribution in [1.29, 1.82) is 0 Å². The number of benzene rings is 1. The molecule has 0 fully saturated rings. The Balaban J connectivity index is 1.98. The second kappa shape index (κ2) is 11.6. The van der Waals surface area contributed by atoms with E-state index in [-0.39, 0.29) is 11.6 Å². The highest BCUT2D eigenvalue weighted by Crippen LogP contribution is 2.36. The number of sulfonamides is 1. The summed E-state index contributed by atoms with van der Waals surface area (Å²) < 4.78 is 32.7. The topological polar surface area (TPSA) is 123 Å². The third kappa shape index (κ3) is 6.23. The number of nitrogens with zero attached hydrogens (tertiary/aromatic N) is 6. The van der Waals surface area contributed by atoms with E-state index < -0.39 is 15.9 Å². The highest BCUT2D eigenvalue weighted by Gasteiger charge is 2.24. The van der Waals surface area contributed by atoms with Gasteiger partial charge in [-0.25, -0.2) is 27.8 Å². The molecule has 40 heavy (non-hydrogen) atoms. The van der Waals surface area contributed by atoms with E-state index in [1.54, 1.807) is 24.1 Å². The predicted molar refractivity (Wildman–Crippen MR) is 158 cm³/mol. The fraction of sp³-hybridized carbons (Fsp3) is 0.357. The monoisotopic (exact) mass is 565 g/mol. The molecule has 12 heteroatoms. The number of fused-ring (bicyclic) bond motifs is 1. The molecule has 1 N–H and O–H groups in total. The Kier molecular flexibility index (Phi) is 8.40. The standard InChI is InChI=1S/C28H35N7O4S/c1-18(2)26-25-22(19-11-12-24(29-17-19)34(5)13-14-39-6)16-23(28(36)32-40(7,37)38)30-27(25)35(31-26)21-10-8-9-20(15-21)33(3)4/h8-12,15-18H,13-14H2,1-7H3,(H,32,36). The number of rotatable bonds is 10. The number of carbonyl (C=O) groups is 1. The van der Waals surface area contributed by atoms with Gasteiger partial charge < -0.3 is 14.5 Å². The van der Waals surface area contributed by atoms with E-state index in [1.807, 2.05) is 85.9 Å². The van der Waals surface area contributed by atoms with Gasteiger partial charge >= 0.3 is 0 Å². The number of methoxy groups -OCH3 is 1. The summed E-state index contributed by atoms with van der Waals surface area (Å²) >= 11 is 0. The van der Waals surface area contributed by atoms with Gasteiger partial charge in [-0.15, -0.1) is 0 Å². The molecule has 0 radical (unpaired) electrons. The van der Waals surface area contributed by atoms with Gasteiger partial charge in [-0.3, -0.25) is 4.79 Å². The summed E-state index contributed by atoms with van der Waals surface area (Å²) in [5.74, 6) is -0.0266. The van der Waals surface area contributed by atoms with E-state index in [0.717, 1.165) is 40.1 Å². The zero-order valence-electron chi connectivity index (χ0n) is 23.8. The van der Waals surface area contributed by atoms with Gasteiger partial charge in [0.05, 0.1) is 29.6 Å². The average Bonchev–Trinajstić information content (AvgIpc) is 3.30. The molecule has 4 aromatic rings. The van der Waals surface area contributed by atoms with Crippen molar-refractivity contribution in [2.24, 2.45) is 0 Å². The van der Waals surface area contributed by atoms with E-state index in [1.165, 1.54) is 0 Å². The Morgan fingerprint density at radius 2 is 1.88 bits per heavy atom. The van der Waals surface area contributed by atoms with Crippen LogP contribution in [0.1, 0.15) is 35.9 Å². The molecule has 1 aromatic carbocycles. The second-order valence-electron chi connectivity index (χ2n) is 10.1. The van der Waals surface area contributed by atoms with Crippen LogP contribution in [0.5, 0.6) is 0 Å². The van der Waals surface area contributed by atoms with Gasteiger partial charge in [-0.2, -0.15) is 5.10 Å². The highest BCUT2D eigenvalue weighted by atomic mass is 32.2. The minimum Gasteiger partial charge on any atom is -0.383 e. The molecule has 0 bridgehead atoms. The third-order valence-corrected chi connectivity index (χ3v) is 6.95. The first-order valence-corrected chi connectivity index (χ1v) is 14.7. The average molecular weight is 566 g/mol. The summed E-state index contributed by atoms with van der Waals surface area (Å²) in [7, 11) is 3.68. The minimum atomic E-state index is -3.81. The summed E-state index contributed by atoms with van der Waals surface area (Å²) in [6, 6.07) is 13.2. The SMILES string of the molecule is COCCN(C)c1ccc(-c2cc(C(=O)NS(C)(=O)=O)nc3c2c(C(C)C)nn3-c2cccc(N(C)C)c2)cn1. The van der Waals surface area contributed by atoms with Crippen LogP contribution in [0.2, 0.25) is 0 Å². The number of carbonyl (C=O) groups excluding carboxylic acids is 1. The quantitative estimate of drug-likeness (QED) is 0.308. The number of pyridine rings is 2. The number of amides is 1. The third-order valence-electron chi connectivity index (χ3n) is 6.39. The van der Waals surface area contributed by atoms with Crippen LogP contribution in [-0.4, -0.2) is 81.7 Å². The highest BCUT2D eigenvalue weighted by molar-refractivity contribution is 7.89. The van der Waals surface area contributed by atoms with E-state index in [2.05, 4.69) is 9.97 Å². The maximum Gasteiger partial charge on any atom is 0.283 e. The normalized spacial score (nSPS) is 11.7. The molecule has 0 unspecified atom stereocenters. The molecule has 0 aliphatic heterocycles. The molecule has 0 aliphatic rings. The van der Waals surface area contributed by atoms with Crippen LogP contribution in [0.15, 0.2) is 48.7 Å². The molecule has 0 aliphatic carbocycles. The van der Waals surface area contributed by atoms with Crippen molar-refractivity contribution < 1.29 is 17.9 Å². The van der Waals surface area contributed by atoms with E-state index in [9.17, 15) is 13.2 Å². The van der Waals surface area contributed by atoms with Gasteiger partial charge in [0.2, 0.25) is 10.0 Å². The first-order valence-electron chi connectivity index (χ1n) is 12.8. The molecule has 3 heterocycles. The van der Waals surface area contributed by atoms with Crippen molar-refractivity contribution in [3.8, 4) is 16.8 Å². The lowest BCUT2D eigenvalue weighted by molar-refractivity contribution is 0.0977. The Morgan fingerprint density at radius 1 is 1.12 bits per heavy atom. The Bertz CT molecular complexity index is 1630. The van der Waals surface area contributed by atoms with Gasteiger partial charge in [0.15, 0.2) is 5.65 Å². The fourth-order valence-electron chi connectivity index (χ4n) is 4.31. The lowest BCUT2D eigenvalue weighted by atomic mass is 9.98. The van der Waals surface area contributed by atoms with Crippen molar-refractivity contribution in [2.45, 2.75) is 19.8 Å². The molecule has 212 valence electrons. The summed E-state index contributed by atoms with van der Waals surface area (Å²) in [6.45, 7) is 5.33. The Morgan fingerprint density at radius 3 is 2.48 bits per heavy atom. The van der Waals surface area contributed by atoms with Crippen LogP contribution in [0.3, 0.4) is 0 Å². The van der Waals surface area contributed by atoms with E-state index in [4.69, 9.17) is 9.84 Å². The first-order chi connectivity index (χ1) is 18.9. The summed E-state index contributed by atoms with van der Waals surface area (Å²) in [4.78, 5) is 26.3. The second-order valence-corrected chi connectivity index (χ2v) is 11.9. The molecule has 0 saturated carbocycles. The Labute approximate surface area is 234 Å². The maximum atomic E-state index is 13.0. The zero-order chi connectivity index (χ0) is 29.2. The number of nitrogens with one attached hydrogen (secondary N) is 1. The van der Waals surface area contributed by atoms with E-state index in [0.29, 0.717) is 24.4 Å². The van der Waals surface area contributed by atoms with Crippen molar-refractivity contribution in [2.75, 3.05) is 57.5 Å². The Hall–Kier alpha value is -4.03. The van der Waals surface area contributed by atoms with Crippen LogP contribution in [0.4, 0.5) is 11.5 Å². The molecule has 4 rings (SSSR count). The lowest BCUT2D eigenvalue weighted by Gasteiger charge is -2.18. The maximum absolute atomic E-state index is 13.0.